The van der Waals surface area contributed by atoms with E-state index in [2.05, 4.69) is 17.4 Å². The van der Waals surface area contributed by atoms with E-state index in [4.69, 9.17) is 32.7 Å². The molecule has 0 saturated carbocycles. The average molecular weight is 364 g/mol. The summed E-state index contributed by atoms with van der Waals surface area (Å²) in [6.45, 7) is 2.54. The van der Waals surface area contributed by atoms with Gasteiger partial charge in [0.15, 0.2) is 17.6 Å². The third-order valence-electron chi connectivity index (χ3n) is 4.75. The maximum atomic E-state index is 6.35. The SMILES string of the molecule is Clc1ccc(C2COc3cccc(C4CCNCC4)c3O2)c(Cl)c1. The van der Waals surface area contributed by atoms with Crippen LogP contribution in [-0.2, 0) is 0 Å². The molecule has 126 valence electrons. The molecule has 0 bridgehead atoms. The minimum Gasteiger partial charge on any atom is -0.485 e. The molecule has 1 N–H and O–H groups in total. The molecule has 0 aliphatic carbocycles. The van der Waals surface area contributed by atoms with Crippen molar-refractivity contribution < 1.29 is 9.47 Å². The van der Waals surface area contributed by atoms with Crippen molar-refractivity contribution in [2.75, 3.05) is 19.7 Å². The number of benzene rings is 2. The Bertz CT molecular complexity index is 744. The minimum atomic E-state index is -0.217. The van der Waals surface area contributed by atoms with Crippen LogP contribution < -0.4 is 14.8 Å². The van der Waals surface area contributed by atoms with E-state index in [-0.39, 0.29) is 6.10 Å². The Hall–Kier alpha value is -1.42. The Kier molecular flexibility index (Phi) is 4.57. The summed E-state index contributed by atoms with van der Waals surface area (Å²) < 4.78 is 12.3. The Morgan fingerprint density at radius 2 is 1.83 bits per heavy atom. The van der Waals surface area contributed by atoms with Crippen LogP contribution in [0.4, 0.5) is 0 Å². The smallest absolute Gasteiger partial charge is 0.165 e. The second-order valence-electron chi connectivity index (χ2n) is 6.28. The molecule has 2 aliphatic heterocycles. The summed E-state index contributed by atoms with van der Waals surface area (Å²) in [6.07, 6.45) is 2.02. The van der Waals surface area contributed by atoms with Gasteiger partial charge < -0.3 is 14.8 Å². The molecule has 1 fully saturated rings. The molecular weight excluding hydrogens is 345 g/mol. The van der Waals surface area contributed by atoms with E-state index >= 15 is 0 Å². The predicted octanol–water partition coefficient (Wildman–Crippen LogP) is 4.97. The van der Waals surface area contributed by atoms with Crippen molar-refractivity contribution in [1.82, 2.24) is 5.32 Å². The number of hydrogen-bond acceptors (Lipinski definition) is 3. The number of nitrogens with one attached hydrogen (secondary N) is 1. The van der Waals surface area contributed by atoms with Gasteiger partial charge in [-0.05, 0) is 50.0 Å². The summed E-state index contributed by atoms with van der Waals surface area (Å²) in [5, 5.41) is 4.64. The third-order valence-corrected chi connectivity index (χ3v) is 5.31. The Labute approximate surface area is 151 Å². The maximum absolute atomic E-state index is 6.35. The molecule has 2 aliphatic rings. The van der Waals surface area contributed by atoms with Crippen LogP contribution in [-0.4, -0.2) is 19.7 Å². The van der Waals surface area contributed by atoms with Crippen molar-refractivity contribution in [3.05, 3.63) is 57.6 Å². The molecule has 0 radical (unpaired) electrons. The first kappa shape index (κ1) is 16.1. The standard InChI is InChI=1S/C19H19Cl2NO2/c20-13-4-5-15(16(21)10-13)18-11-23-17-3-1-2-14(19(17)24-18)12-6-8-22-9-7-12/h1-5,10,12,18,22H,6-9,11H2. The summed E-state index contributed by atoms with van der Waals surface area (Å²) in [6, 6.07) is 11.7. The average Bonchev–Trinajstić information content (AvgIpc) is 2.61. The second kappa shape index (κ2) is 6.83. The summed E-state index contributed by atoms with van der Waals surface area (Å²) in [5.41, 5.74) is 2.15. The topological polar surface area (TPSA) is 30.5 Å². The maximum Gasteiger partial charge on any atom is 0.165 e. The summed E-state index contributed by atoms with van der Waals surface area (Å²) in [5.74, 6) is 2.20. The van der Waals surface area contributed by atoms with Crippen LogP contribution in [0, 0.1) is 0 Å². The number of fused-ring (bicyclic) bond motifs is 1. The molecule has 0 spiro atoms. The molecule has 2 heterocycles. The monoisotopic (exact) mass is 363 g/mol. The summed E-state index contributed by atoms with van der Waals surface area (Å²) in [7, 11) is 0. The van der Waals surface area contributed by atoms with E-state index in [1.165, 1.54) is 5.56 Å². The van der Waals surface area contributed by atoms with E-state index in [1.54, 1.807) is 6.07 Å². The molecular formula is C19H19Cl2NO2. The Morgan fingerprint density at radius 3 is 2.62 bits per heavy atom. The van der Waals surface area contributed by atoms with E-state index in [9.17, 15) is 0 Å². The molecule has 5 heteroatoms. The van der Waals surface area contributed by atoms with E-state index in [1.807, 2.05) is 18.2 Å². The fraction of sp³-hybridized carbons (Fsp3) is 0.368. The number of hydrogen-bond donors (Lipinski definition) is 1. The lowest BCUT2D eigenvalue weighted by molar-refractivity contribution is 0.0891. The first-order valence-electron chi connectivity index (χ1n) is 8.30. The van der Waals surface area contributed by atoms with Gasteiger partial charge in [-0.1, -0.05) is 41.4 Å². The van der Waals surface area contributed by atoms with Crippen LogP contribution in [0.25, 0.3) is 0 Å². The molecule has 1 atom stereocenters. The lowest BCUT2D eigenvalue weighted by atomic mass is 9.89. The zero-order chi connectivity index (χ0) is 16.5. The van der Waals surface area contributed by atoms with Gasteiger partial charge in [0.25, 0.3) is 0 Å². The van der Waals surface area contributed by atoms with E-state index in [0.29, 0.717) is 22.6 Å². The van der Waals surface area contributed by atoms with Crippen LogP contribution in [0.15, 0.2) is 36.4 Å². The first-order valence-corrected chi connectivity index (χ1v) is 9.06. The first-order chi connectivity index (χ1) is 11.7. The minimum absolute atomic E-state index is 0.217. The highest BCUT2D eigenvalue weighted by Crippen LogP contribution is 2.44. The highest BCUT2D eigenvalue weighted by atomic mass is 35.5. The zero-order valence-corrected chi connectivity index (χ0v) is 14.7. The van der Waals surface area contributed by atoms with Crippen molar-refractivity contribution in [3.63, 3.8) is 0 Å². The lowest BCUT2D eigenvalue weighted by Crippen LogP contribution is -2.28. The van der Waals surface area contributed by atoms with E-state index < -0.39 is 0 Å². The highest BCUT2D eigenvalue weighted by molar-refractivity contribution is 6.35. The van der Waals surface area contributed by atoms with Crippen molar-refractivity contribution in [2.45, 2.75) is 24.9 Å². The zero-order valence-electron chi connectivity index (χ0n) is 13.2. The van der Waals surface area contributed by atoms with Gasteiger partial charge in [0.2, 0.25) is 0 Å². The Balaban J connectivity index is 1.66. The Morgan fingerprint density at radius 1 is 1.00 bits per heavy atom. The van der Waals surface area contributed by atoms with Gasteiger partial charge in [0, 0.05) is 21.2 Å². The van der Waals surface area contributed by atoms with Gasteiger partial charge in [-0.2, -0.15) is 0 Å². The van der Waals surface area contributed by atoms with Crippen LogP contribution in [0.5, 0.6) is 11.5 Å². The van der Waals surface area contributed by atoms with Crippen LogP contribution in [0.2, 0.25) is 10.0 Å². The van der Waals surface area contributed by atoms with E-state index in [0.717, 1.165) is 43.0 Å². The molecule has 0 aromatic heterocycles. The van der Waals surface area contributed by atoms with Gasteiger partial charge in [-0.25, -0.2) is 0 Å². The molecule has 3 nitrogen and oxygen atoms in total. The number of rotatable bonds is 2. The number of para-hydroxylation sites is 1. The highest BCUT2D eigenvalue weighted by Gasteiger charge is 2.29. The quantitative estimate of drug-likeness (QED) is 0.816. The molecule has 2 aromatic rings. The molecule has 1 saturated heterocycles. The lowest BCUT2D eigenvalue weighted by Gasteiger charge is -2.32. The molecule has 2 aromatic carbocycles. The van der Waals surface area contributed by atoms with Gasteiger partial charge in [0.1, 0.15) is 6.61 Å². The van der Waals surface area contributed by atoms with Gasteiger partial charge in [0.05, 0.1) is 0 Å². The van der Waals surface area contributed by atoms with Crippen molar-refractivity contribution >= 4 is 23.2 Å². The van der Waals surface area contributed by atoms with Crippen molar-refractivity contribution in [3.8, 4) is 11.5 Å². The van der Waals surface area contributed by atoms with Gasteiger partial charge >= 0.3 is 0 Å². The van der Waals surface area contributed by atoms with Crippen molar-refractivity contribution in [1.29, 1.82) is 0 Å². The number of piperidine rings is 1. The number of ether oxygens (including phenoxy) is 2. The third kappa shape index (κ3) is 3.08. The predicted molar refractivity (Wildman–Crippen MR) is 96.6 cm³/mol. The number of halogens is 2. The fourth-order valence-electron chi connectivity index (χ4n) is 3.48. The van der Waals surface area contributed by atoms with Gasteiger partial charge in [-0.3, -0.25) is 0 Å². The van der Waals surface area contributed by atoms with Crippen LogP contribution in [0.3, 0.4) is 0 Å². The molecule has 0 amide bonds. The van der Waals surface area contributed by atoms with Gasteiger partial charge in [-0.15, -0.1) is 0 Å². The summed E-state index contributed by atoms with van der Waals surface area (Å²) in [4.78, 5) is 0. The van der Waals surface area contributed by atoms with Crippen LogP contribution >= 0.6 is 23.2 Å². The molecule has 24 heavy (non-hydrogen) atoms. The largest absolute Gasteiger partial charge is 0.485 e. The molecule has 1 unspecified atom stereocenters. The normalized spacial score (nSPS) is 20.8. The van der Waals surface area contributed by atoms with Crippen molar-refractivity contribution in [2.24, 2.45) is 0 Å². The fourth-order valence-corrected chi connectivity index (χ4v) is 4.01. The molecule has 4 rings (SSSR count). The second-order valence-corrected chi connectivity index (χ2v) is 7.13. The van der Waals surface area contributed by atoms with Crippen LogP contribution in [0.1, 0.15) is 36.0 Å². The summed E-state index contributed by atoms with van der Waals surface area (Å²) >= 11 is 12.4.